The minimum absolute atomic E-state index is 0.182. The molecule has 0 spiro atoms. The van der Waals surface area contributed by atoms with Crippen LogP contribution in [0, 0.1) is 0 Å². The molecule has 0 radical (unpaired) electrons. The minimum Gasteiger partial charge on any atom is -0.353 e. The summed E-state index contributed by atoms with van der Waals surface area (Å²) in [5, 5.41) is 8.20. The van der Waals surface area contributed by atoms with Crippen molar-refractivity contribution in [3.63, 3.8) is 0 Å². The highest BCUT2D eigenvalue weighted by Gasteiger charge is 2.37. The molecule has 1 aliphatic carbocycles. The van der Waals surface area contributed by atoms with E-state index in [1.807, 2.05) is 47.4 Å². The number of carbonyl (C=O) groups is 1. The molecule has 4 rings (SSSR count). The summed E-state index contributed by atoms with van der Waals surface area (Å²) in [5.41, 5.74) is 2.67. The van der Waals surface area contributed by atoms with Crippen molar-refractivity contribution >= 4 is 46.2 Å². The SMILES string of the molecule is O=C1CCCN1c1cccc(NC(=S)NC2(c3ccccc3Cl)CCCC2)c1. The molecule has 1 saturated heterocycles. The Bertz CT molecular complexity index is 895. The minimum atomic E-state index is -0.231. The molecular formula is C22H24ClN3OS. The Hall–Kier alpha value is -2.11. The number of rotatable bonds is 4. The van der Waals surface area contributed by atoms with Gasteiger partial charge in [0, 0.05) is 29.4 Å². The van der Waals surface area contributed by atoms with E-state index in [1.54, 1.807) is 0 Å². The molecule has 2 aromatic rings. The maximum absolute atomic E-state index is 12.0. The van der Waals surface area contributed by atoms with Gasteiger partial charge in [-0.1, -0.05) is 48.7 Å². The summed E-state index contributed by atoms with van der Waals surface area (Å²) >= 11 is 12.1. The van der Waals surface area contributed by atoms with Gasteiger partial charge in [-0.2, -0.15) is 0 Å². The molecule has 1 amide bonds. The first-order valence-electron chi connectivity index (χ1n) is 9.82. The van der Waals surface area contributed by atoms with Gasteiger partial charge in [0.15, 0.2) is 5.11 Å². The second-order valence-corrected chi connectivity index (χ2v) is 8.36. The molecule has 146 valence electrons. The molecule has 0 aromatic heterocycles. The van der Waals surface area contributed by atoms with Gasteiger partial charge in [-0.15, -0.1) is 0 Å². The summed E-state index contributed by atoms with van der Waals surface area (Å²) in [6.07, 6.45) is 5.83. The summed E-state index contributed by atoms with van der Waals surface area (Å²) in [7, 11) is 0. The van der Waals surface area contributed by atoms with Crippen molar-refractivity contribution in [2.24, 2.45) is 0 Å². The van der Waals surface area contributed by atoms with Gasteiger partial charge in [-0.3, -0.25) is 4.79 Å². The third kappa shape index (κ3) is 3.87. The third-order valence-electron chi connectivity index (χ3n) is 5.69. The van der Waals surface area contributed by atoms with Crippen molar-refractivity contribution < 1.29 is 4.79 Å². The highest BCUT2D eigenvalue weighted by atomic mass is 35.5. The van der Waals surface area contributed by atoms with E-state index in [2.05, 4.69) is 16.7 Å². The quantitative estimate of drug-likeness (QED) is 0.674. The van der Waals surface area contributed by atoms with Crippen LogP contribution in [-0.2, 0) is 10.3 Å². The summed E-state index contributed by atoms with van der Waals surface area (Å²) < 4.78 is 0. The molecule has 1 heterocycles. The molecule has 0 atom stereocenters. The van der Waals surface area contributed by atoms with Gasteiger partial charge in [-0.25, -0.2) is 0 Å². The molecule has 2 aromatic carbocycles. The molecule has 6 heteroatoms. The zero-order chi connectivity index (χ0) is 19.6. The fraction of sp³-hybridized carbons (Fsp3) is 0.364. The fourth-order valence-electron chi connectivity index (χ4n) is 4.34. The largest absolute Gasteiger partial charge is 0.353 e. The highest BCUT2D eigenvalue weighted by molar-refractivity contribution is 7.80. The van der Waals surface area contributed by atoms with Crippen LogP contribution in [0.4, 0.5) is 11.4 Å². The van der Waals surface area contributed by atoms with Gasteiger partial charge in [0.1, 0.15) is 0 Å². The average molecular weight is 414 g/mol. The number of thiocarbonyl (C=S) groups is 1. The Morgan fingerprint density at radius 3 is 2.57 bits per heavy atom. The van der Waals surface area contributed by atoms with Crippen LogP contribution in [0.15, 0.2) is 48.5 Å². The van der Waals surface area contributed by atoms with E-state index in [9.17, 15) is 4.79 Å². The molecule has 2 aliphatic rings. The predicted octanol–water partition coefficient (Wildman–Crippen LogP) is 5.22. The number of carbonyl (C=O) groups excluding carboxylic acids is 1. The molecule has 2 N–H and O–H groups in total. The lowest BCUT2D eigenvalue weighted by Gasteiger charge is -2.33. The maximum atomic E-state index is 12.0. The summed E-state index contributed by atoms with van der Waals surface area (Å²) in [6, 6.07) is 15.9. The monoisotopic (exact) mass is 413 g/mol. The predicted molar refractivity (Wildman–Crippen MR) is 119 cm³/mol. The van der Waals surface area contributed by atoms with Crippen LogP contribution in [0.3, 0.4) is 0 Å². The third-order valence-corrected chi connectivity index (χ3v) is 6.22. The van der Waals surface area contributed by atoms with E-state index < -0.39 is 0 Å². The van der Waals surface area contributed by atoms with Crippen molar-refractivity contribution in [1.29, 1.82) is 0 Å². The molecule has 0 unspecified atom stereocenters. The molecule has 2 fully saturated rings. The van der Waals surface area contributed by atoms with E-state index in [0.717, 1.165) is 60.6 Å². The van der Waals surface area contributed by atoms with Crippen molar-refractivity contribution in [3.05, 3.63) is 59.1 Å². The van der Waals surface area contributed by atoms with Crippen LogP contribution >= 0.6 is 23.8 Å². The Labute approximate surface area is 176 Å². The first-order valence-corrected chi connectivity index (χ1v) is 10.6. The first kappa shape index (κ1) is 19.2. The number of amides is 1. The lowest BCUT2D eigenvalue weighted by atomic mass is 9.88. The zero-order valence-electron chi connectivity index (χ0n) is 15.7. The standard InChI is InChI=1S/C22H24ClN3OS/c23-19-10-2-1-9-18(19)22(12-3-4-13-22)25-21(28)24-16-7-5-8-17(15-16)26-14-6-11-20(26)27/h1-2,5,7-10,15H,3-4,6,11-14H2,(H2,24,25,28). The number of benzene rings is 2. The van der Waals surface area contributed by atoms with E-state index in [4.69, 9.17) is 23.8 Å². The van der Waals surface area contributed by atoms with Gasteiger partial charge < -0.3 is 15.5 Å². The maximum Gasteiger partial charge on any atom is 0.227 e. The van der Waals surface area contributed by atoms with Crippen molar-refractivity contribution in [1.82, 2.24) is 5.32 Å². The van der Waals surface area contributed by atoms with Gasteiger partial charge in [0.05, 0.1) is 5.54 Å². The van der Waals surface area contributed by atoms with Crippen molar-refractivity contribution in [2.45, 2.75) is 44.1 Å². The van der Waals surface area contributed by atoms with Crippen molar-refractivity contribution in [3.8, 4) is 0 Å². The van der Waals surface area contributed by atoms with Crippen LogP contribution in [0.2, 0.25) is 5.02 Å². The van der Waals surface area contributed by atoms with E-state index in [0.29, 0.717) is 11.5 Å². The molecule has 0 bridgehead atoms. The Balaban J connectivity index is 1.51. The van der Waals surface area contributed by atoms with Crippen molar-refractivity contribution in [2.75, 3.05) is 16.8 Å². The number of halogens is 1. The molecule has 4 nitrogen and oxygen atoms in total. The Morgan fingerprint density at radius 1 is 1.07 bits per heavy atom. The van der Waals surface area contributed by atoms with E-state index in [-0.39, 0.29) is 11.4 Å². The Kier molecular flexibility index (Phi) is 5.56. The average Bonchev–Trinajstić information content (AvgIpc) is 3.32. The molecular weight excluding hydrogens is 390 g/mol. The fourth-order valence-corrected chi connectivity index (χ4v) is 4.97. The van der Waals surface area contributed by atoms with Crippen LogP contribution in [0.5, 0.6) is 0 Å². The van der Waals surface area contributed by atoms with Crippen LogP contribution < -0.4 is 15.5 Å². The molecule has 1 saturated carbocycles. The van der Waals surface area contributed by atoms with Crippen LogP contribution in [-0.4, -0.2) is 17.6 Å². The molecule has 28 heavy (non-hydrogen) atoms. The summed E-state index contributed by atoms with van der Waals surface area (Å²) in [4.78, 5) is 13.9. The van der Waals surface area contributed by atoms with Gasteiger partial charge in [-0.05, 0) is 61.3 Å². The lowest BCUT2D eigenvalue weighted by Crippen LogP contribution is -2.45. The highest BCUT2D eigenvalue weighted by Crippen LogP contribution is 2.41. The van der Waals surface area contributed by atoms with E-state index in [1.165, 1.54) is 0 Å². The Morgan fingerprint density at radius 2 is 1.86 bits per heavy atom. The number of nitrogens with one attached hydrogen (secondary N) is 2. The lowest BCUT2D eigenvalue weighted by molar-refractivity contribution is -0.117. The second-order valence-electron chi connectivity index (χ2n) is 7.55. The number of nitrogens with zero attached hydrogens (tertiary/aromatic N) is 1. The van der Waals surface area contributed by atoms with Gasteiger partial charge >= 0.3 is 0 Å². The summed E-state index contributed by atoms with van der Waals surface area (Å²) in [5.74, 6) is 0.182. The second kappa shape index (κ2) is 8.10. The topological polar surface area (TPSA) is 44.4 Å². The first-order chi connectivity index (χ1) is 13.6. The molecule has 1 aliphatic heterocycles. The van der Waals surface area contributed by atoms with Gasteiger partial charge in [0.2, 0.25) is 5.91 Å². The van der Waals surface area contributed by atoms with Crippen LogP contribution in [0.1, 0.15) is 44.1 Å². The zero-order valence-corrected chi connectivity index (χ0v) is 17.3. The van der Waals surface area contributed by atoms with Gasteiger partial charge in [0.25, 0.3) is 0 Å². The normalized spacial score (nSPS) is 18.3. The van der Waals surface area contributed by atoms with E-state index >= 15 is 0 Å². The van der Waals surface area contributed by atoms with Crippen LogP contribution in [0.25, 0.3) is 0 Å². The number of hydrogen-bond donors (Lipinski definition) is 2. The smallest absolute Gasteiger partial charge is 0.227 e. The number of hydrogen-bond acceptors (Lipinski definition) is 2. The summed E-state index contributed by atoms with van der Waals surface area (Å²) in [6.45, 7) is 0.778. The number of anilines is 2.